The minimum Gasteiger partial charge on any atom is -0.397 e. The minimum absolute atomic E-state index is 0. The van der Waals surface area contributed by atoms with Gasteiger partial charge in [-0.1, -0.05) is 178 Å². The largest absolute Gasteiger partial charge is 0.397 e. The van der Waals surface area contributed by atoms with E-state index in [1.54, 1.807) is 0 Å². The number of likely N-dealkylation sites (N-methyl/N-ethyl adjacent to an activating group) is 1. The molecule has 2 heterocycles. The molecule has 2 aliphatic heterocycles. The van der Waals surface area contributed by atoms with Gasteiger partial charge in [0.05, 0.1) is 41.4 Å². The highest BCUT2D eigenvalue weighted by molar-refractivity contribution is 6.31. The Balaban J connectivity index is 0.000000196. The summed E-state index contributed by atoms with van der Waals surface area (Å²) in [5.41, 5.74) is 16.1. The zero-order chi connectivity index (χ0) is 53.8. The molecule has 3 fully saturated rings. The van der Waals surface area contributed by atoms with Crippen molar-refractivity contribution in [3.63, 3.8) is 0 Å². The highest BCUT2D eigenvalue weighted by Gasteiger charge is 2.45. The van der Waals surface area contributed by atoms with Crippen LogP contribution < -0.4 is 26.2 Å². The first-order chi connectivity index (χ1) is 36.9. The zero-order valence-electron chi connectivity index (χ0n) is 44.7. The zero-order valence-corrected chi connectivity index (χ0v) is 47.0. The average molecular weight is 1110 g/mol. The Morgan fingerprint density at radius 2 is 1.14 bits per heavy atom. The van der Waals surface area contributed by atoms with Gasteiger partial charge in [0.15, 0.2) is 0 Å². The van der Waals surface area contributed by atoms with Crippen molar-refractivity contribution >= 4 is 80.7 Å². The molecular weight excluding hydrogens is 1030 g/mol. The normalized spacial score (nSPS) is 17.4. The molecule has 0 unspecified atom stereocenters. The van der Waals surface area contributed by atoms with Gasteiger partial charge in [-0.2, -0.15) is 0 Å². The lowest BCUT2D eigenvalue weighted by Crippen LogP contribution is -2.59. The molecule has 9 nitrogen and oxygen atoms in total. The number of nitrogens with one attached hydrogen (secondary N) is 2. The van der Waals surface area contributed by atoms with Gasteiger partial charge in [0.2, 0.25) is 0 Å². The summed E-state index contributed by atoms with van der Waals surface area (Å²) >= 11 is 18.0. The molecule has 12 heteroatoms. The lowest BCUT2D eigenvalue weighted by molar-refractivity contribution is -0.120. The fourth-order valence-corrected chi connectivity index (χ4v) is 11.9. The van der Waals surface area contributed by atoms with Crippen LogP contribution in [0, 0.1) is 12.0 Å². The summed E-state index contributed by atoms with van der Waals surface area (Å²) in [6, 6.07) is 48.5. The summed E-state index contributed by atoms with van der Waals surface area (Å²) < 4.78 is 0. The van der Waals surface area contributed by atoms with Crippen molar-refractivity contribution in [2.24, 2.45) is 15.4 Å². The molecule has 2 spiro atoms. The Labute approximate surface area is 482 Å². The van der Waals surface area contributed by atoms with Crippen LogP contribution in [-0.2, 0) is 30.8 Å². The van der Waals surface area contributed by atoms with Gasteiger partial charge in [0.1, 0.15) is 17.5 Å². The van der Waals surface area contributed by atoms with Crippen LogP contribution in [0.5, 0.6) is 0 Å². The fourth-order valence-electron chi connectivity index (χ4n) is 11.2. The maximum atomic E-state index is 10.5. The standard InChI is InChI=1S/C22H25ClN2.C21H24ClN3.C8H7ClN.C7H10N2.C6H10O.2CH4/c1-25-20-11-4-3-9-18(20)15-22(12-5-2-6-13-22)21(25)24-16-17-8-7-10-19(23)14-17;1-25-19-11-4-3-10-18(19)24-20(21(25)12-5-2-6-13-21)23-15-16-8-7-9-17(22)14-16;1-10-6-7-3-2-4-8(9)5-7;1-9-7-5-3-2-4-6(7)8;7-6-4-2-1-3-5-6;;/h3-4,7-11,14H,2,5-6,12-13,15-16H2,1H3;3-4,7-11,14H,2,5-6,12-13,15H2,1H3,(H,23,24);1-5H,6H2;2-5,9H,8H2,1H3;1-5H2;2*1H4/q;;+1;;;;. The smallest absolute Gasteiger partial charge is 0.288 e. The number of halogens is 3. The number of benzene rings is 6. The number of para-hydroxylation sites is 5. The number of carbonyl (C=O) groups excluding carboxylic acids is 1. The Kier molecular flexibility index (Phi) is 25.1. The molecule has 0 bridgehead atoms. The number of ketones is 1. The summed E-state index contributed by atoms with van der Waals surface area (Å²) in [4.78, 5) is 28.9. The number of fused-ring (bicyclic) bond motifs is 2. The summed E-state index contributed by atoms with van der Waals surface area (Å²) in [6.07, 6.45) is 19.0. The van der Waals surface area contributed by atoms with E-state index in [9.17, 15) is 4.79 Å². The van der Waals surface area contributed by atoms with Gasteiger partial charge in [-0.05, 0) is 128 Å². The van der Waals surface area contributed by atoms with E-state index in [2.05, 4.69) is 100 Å². The third-order valence-electron chi connectivity index (χ3n) is 15.2. The number of amidine groups is 2. The molecule has 4 N–H and O–H groups in total. The predicted molar refractivity (Wildman–Crippen MR) is 339 cm³/mol. The van der Waals surface area contributed by atoms with Crippen LogP contribution in [0.3, 0.4) is 0 Å². The first kappa shape index (κ1) is 62.5. The quantitative estimate of drug-likeness (QED) is 0.144. The lowest BCUT2D eigenvalue weighted by Gasteiger charge is -2.50. The molecule has 3 aliphatic carbocycles. The van der Waals surface area contributed by atoms with Crippen LogP contribution >= 0.6 is 34.8 Å². The van der Waals surface area contributed by atoms with E-state index in [1.807, 2.05) is 92.0 Å². The second-order valence-corrected chi connectivity index (χ2v) is 21.8. The molecular formula is C66H84Cl3N8O+. The second-order valence-electron chi connectivity index (χ2n) is 20.5. The van der Waals surface area contributed by atoms with E-state index in [0.717, 1.165) is 94.0 Å². The van der Waals surface area contributed by atoms with E-state index in [1.165, 1.54) is 86.1 Å². The van der Waals surface area contributed by atoms with Crippen molar-refractivity contribution in [2.45, 2.75) is 143 Å². The topological polar surface area (TPSA) is 103 Å². The molecule has 11 rings (SSSR count). The summed E-state index contributed by atoms with van der Waals surface area (Å²) in [6.45, 7) is 6.87. The summed E-state index contributed by atoms with van der Waals surface area (Å²) in [7, 11) is 6.26. The molecule has 414 valence electrons. The maximum Gasteiger partial charge on any atom is 0.288 e. The van der Waals surface area contributed by atoms with E-state index in [4.69, 9.17) is 57.1 Å². The maximum absolute atomic E-state index is 10.5. The number of rotatable bonds is 6. The van der Waals surface area contributed by atoms with Gasteiger partial charge < -0.3 is 26.2 Å². The van der Waals surface area contributed by atoms with E-state index in [-0.39, 0.29) is 25.8 Å². The molecule has 6 aromatic carbocycles. The summed E-state index contributed by atoms with van der Waals surface area (Å²) in [5, 5.41) is 8.89. The highest BCUT2D eigenvalue weighted by Crippen LogP contribution is 2.47. The second kappa shape index (κ2) is 31.3. The number of hydrogen-bond donors (Lipinski definition) is 3. The number of nitrogen functional groups attached to an aromatic ring is 1. The van der Waals surface area contributed by atoms with E-state index < -0.39 is 0 Å². The number of hydrogen-bond acceptors (Lipinski definition) is 6. The third-order valence-corrected chi connectivity index (χ3v) is 15.9. The SMILES string of the molecule is C.C.C#[N+]Cc1cccc(Cl)c1.CN1C(=NCc2cccc(Cl)c2)C2(CCCCC2)Cc2ccccc21.CN1c2ccccc2NC(=NCc2cccc(Cl)c2)C12CCCCC2.CNc1ccccc1N.O=C1CCCCC1. The van der Waals surface area contributed by atoms with Crippen LogP contribution in [0.25, 0.3) is 4.85 Å². The number of carbonyl (C=O) groups is 1. The van der Waals surface area contributed by atoms with Crippen molar-refractivity contribution in [3.8, 4) is 6.57 Å². The number of Topliss-reactive ketones (excluding diaryl/α,β-unsaturated/α-hetero) is 1. The number of nitrogens with zero attached hydrogens (tertiary/aromatic N) is 5. The number of anilines is 5. The molecule has 0 radical (unpaired) electrons. The Bertz CT molecular complexity index is 2930. The lowest BCUT2D eigenvalue weighted by atomic mass is 9.67. The fraction of sp³-hybridized carbons (Fsp3) is 0.394. The Morgan fingerprint density at radius 1 is 0.628 bits per heavy atom. The van der Waals surface area contributed by atoms with E-state index in [0.29, 0.717) is 25.4 Å². The van der Waals surface area contributed by atoms with Crippen LogP contribution in [0.1, 0.15) is 133 Å². The Hall–Kier alpha value is -6.31. The van der Waals surface area contributed by atoms with Gasteiger partial charge in [-0.3, -0.25) is 14.8 Å². The molecule has 0 aromatic heterocycles. The number of aliphatic imine (C=N–C) groups is 2. The van der Waals surface area contributed by atoms with Gasteiger partial charge in [-0.25, -0.2) is 0 Å². The molecule has 6 aromatic rings. The minimum atomic E-state index is -0.00875. The van der Waals surface area contributed by atoms with Crippen LogP contribution in [-0.4, -0.2) is 44.1 Å². The highest BCUT2D eigenvalue weighted by atomic mass is 35.5. The molecule has 78 heavy (non-hydrogen) atoms. The van der Waals surface area contributed by atoms with Crippen LogP contribution in [0.15, 0.2) is 156 Å². The van der Waals surface area contributed by atoms with Crippen molar-refractivity contribution in [3.05, 3.63) is 188 Å². The molecule has 0 saturated heterocycles. The van der Waals surface area contributed by atoms with Crippen molar-refractivity contribution in [2.75, 3.05) is 47.3 Å². The molecule has 0 amide bonds. The number of nitrogens with two attached hydrogens (primary N) is 1. The average Bonchev–Trinajstić information content (AvgIpc) is 3.55. The van der Waals surface area contributed by atoms with Gasteiger partial charge >= 0.3 is 0 Å². The first-order valence-electron chi connectivity index (χ1n) is 27.1. The van der Waals surface area contributed by atoms with E-state index >= 15 is 0 Å². The van der Waals surface area contributed by atoms with Crippen LogP contribution in [0.4, 0.5) is 28.4 Å². The Morgan fingerprint density at radius 3 is 1.69 bits per heavy atom. The third kappa shape index (κ3) is 17.1. The monoisotopic (exact) mass is 1110 g/mol. The molecule has 0 atom stereocenters. The molecule has 3 saturated carbocycles. The van der Waals surface area contributed by atoms with Crippen molar-refractivity contribution in [1.82, 2.24) is 0 Å². The van der Waals surface area contributed by atoms with Crippen molar-refractivity contribution in [1.29, 1.82) is 0 Å². The summed E-state index contributed by atoms with van der Waals surface area (Å²) in [5.74, 6) is 2.84. The van der Waals surface area contributed by atoms with Crippen LogP contribution in [0.2, 0.25) is 15.1 Å². The van der Waals surface area contributed by atoms with Gasteiger partial charge in [0.25, 0.3) is 13.1 Å². The van der Waals surface area contributed by atoms with Gasteiger partial charge in [0, 0.05) is 65.7 Å². The van der Waals surface area contributed by atoms with Crippen molar-refractivity contribution < 1.29 is 4.79 Å². The predicted octanol–water partition coefficient (Wildman–Crippen LogP) is 18.3. The van der Waals surface area contributed by atoms with Gasteiger partial charge in [-0.15, -0.1) is 0 Å². The first-order valence-corrected chi connectivity index (χ1v) is 28.2. The molecule has 5 aliphatic rings.